The van der Waals surface area contributed by atoms with Gasteiger partial charge in [-0.15, -0.1) is 0 Å². The number of hydrogen-bond acceptors (Lipinski definition) is 4. The van der Waals surface area contributed by atoms with Gasteiger partial charge < -0.3 is 9.47 Å². The second-order valence-corrected chi connectivity index (χ2v) is 5.64. The smallest absolute Gasteiger partial charge is 0.134 e. The van der Waals surface area contributed by atoms with Crippen LogP contribution < -0.4 is 4.74 Å². The molecule has 5 heteroatoms. The zero-order valence-electron chi connectivity index (χ0n) is 16.4. The first-order valence-corrected chi connectivity index (χ1v) is 9.27. The molecule has 0 radical (unpaired) electrons. The number of nitrogens with zero attached hydrogens (tertiary/aromatic N) is 1. The first kappa shape index (κ1) is 23.5. The summed E-state index contributed by atoms with van der Waals surface area (Å²) in [6.45, 7) is 14.4. The fourth-order valence-electron chi connectivity index (χ4n) is 2.15. The molecule has 1 aliphatic rings. The minimum Gasteiger partial charge on any atom is -0.492 e. The highest BCUT2D eigenvalue weighted by Crippen LogP contribution is 2.17. The van der Waals surface area contributed by atoms with Gasteiger partial charge in [-0.3, -0.25) is 9.69 Å². The minimum absolute atomic E-state index is 0.0510. The highest BCUT2D eigenvalue weighted by atomic mass is 19.1. The Morgan fingerprint density at radius 1 is 1.24 bits per heavy atom. The largest absolute Gasteiger partial charge is 0.492 e. The Labute approximate surface area is 152 Å². The van der Waals surface area contributed by atoms with Gasteiger partial charge in [0.2, 0.25) is 0 Å². The van der Waals surface area contributed by atoms with E-state index in [2.05, 4.69) is 18.7 Å². The van der Waals surface area contributed by atoms with Crippen LogP contribution in [0.2, 0.25) is 0 Å². The number of carbonyl (C=O) groups is 1. The summed E-state index contributed by atoms with van der Waals surface area (Å²) in [5.74, 6) is 0.0667. The van der Waals surface area contributed by atoms with Crippen molar-refractivity contribution in [3.63, 3.8) is 0 Å². The van der Waals surface area contributed by atoms with Gasteiger partial charge in [0, 0.05) is 32.1 Å². The van der Waals surface area contributed by atoms with Crippen molar-refractivity contribution in [2.24, 2.45) is 0 Å². The van der Waals surface area contributed by atoms with Gasteiger partial charge >= 0.3 is 0 Å². The molecule has 0 atom stereocenters. The van der Waals surface area contributed by atoms with E-state index in [1.165, 1.54) is 19.4 Å². The van der Waals surface area contributed by atoms with Crippen molar-refractivity contribution < 1.29 is 18.7 Å². The molecule has 0 bridgehead atoms. The van der Waals surface area contributed by atoms with E-state index in [4.69, 9.17) is 9.47 Å². The summed E-state index contributed by atoms with van der Waals surface area (Å²) in [5, 5.41) is 0. The summed E-state index contributed by atoms with van der Waals surface area (Å²) < 4.78 is 24.5. The molecule has 0 aliphatic carbocycles. The summed E-state index contributed by atoms with van der Waals surface area (Å²) >= 11 is 0. The monoisotopic (exact) mass is 355 g/mol. The topological polar surface area (TPSA) is 38.8 Å². The molecular formula is C20H34FNO3. The van der Waals surface area contributed by atoms with Crippen LogP contribution in [0.3, 0.4) is 0 Å². The van der Waals surface area contributed by atoms with Crippen LogP contribution in [0.25, 0.3) is 0 Å². The number of ketones is 1. The van der Waals surface area contributed by atoms with Crippen molar-refractivity contribution in [2.75, 3.05) is 39.5 Å². The van der Waals surface area contributed by atoms with E-state index < -0.39 is 0 Å². The Bertz CT molecular complexity index is 474. The van der Waals surface area contributed by atoms with Gasteiger partial charge in [-0.05, 0) is 18.6 Å². The number of halogens is 1. The van der Waals surface area contributed by atoms with Gasteiger partial charge in [-0.25, -0.2) is 4.39 Å². The molecule has 1 aliphatic heterocycles. The van der Waals surface area contributed by atoms with Gasteiger partial charge in [-0.1, -0.05) is 40.2 Å². The van der Waals surface area contributed by atoms with Gasteiger partial charge in [0.15, 0.2) is 0 Å². The molecule has 0 unspecified atom stereocenters. The molecule has 0 spiro atoms. The second-order valence-electron chi connectivity index (χ2n) is 5.64. The molecule has 25 heavy (non-hydrogen) atoms. The van der Waals surface area contributed by atoms with E-state index in [0.717, 1.165) is 32.8 Å². The van der Waals surface area contributed by atoms with Crippen LogP contribution in [0.4, 0.5) is 4.39 Å². The summed E-state index contributed by atoms with van der Waals surface area (Å²) in [6, 6.07) is 4.67. The Morgan fingerprint density at radius 2 is 1.84 bits per heavy atom. The van der Waals surface area contributed by atoms with E-state index in [0.29, 0.717) is 17.9 Å². The second kappa shape index (κ2) is 14.8. The predicted molar refractivity (Wildman–Crippen MR) is 101 cm³/mol. The number of carbonyl (C=O) groups excluding carboxylic acids is 1. The molecule has 0 amide bonds. The number of Topliss-reactive ketones (excluding diaryl/α,β-unsaturated/α-hetero) is 1. The molecule has 0 saturated carbocycles. The maximum absolute atomic E-state index is 13.7. The lowest BCUT2D eigenvalue weighted by Gasteiger charge is -2.26. The molecule has 0 aromatic heterocycles. The van der Waals surface area contributed by atoms with Crippen molar-refractivity contribution in [1.29, 1.82) is 0 Å². The molecule has 1 aromatic carbocycles. The molecule has 0 N–H and O–H groups in total. The van der Waals surface area contributed by atoms with Crippen LogP contribution in [-0.4, -0.2) is 50.1 Å². The lowest BCUT2D eigenvalue weighted by molar-refractivity contribution is -0.116. The summed E-state index contributed by atoms with van der Waals surface area (Å²) in [6.07, 6.45) is 1.37. The lowest BCUT2D eigenvalue weighted by Crippen LogP contribution is -2.38. The maximum Gasteiger partial charge on any atom is 0.134 e. The van der Waals surface area contributed by atoms with Crippen molar-refractivity contribution in [2.45, 2.75) is 47.5 Å². The highest BCUT2D eigenvalue weighted by Gasteiger charge is 2.10. The van der Waals surface area contributed by atoms with Crippen molar-refractivity contribution in [3.8, 4) is 5.75 Å². The molecule has 1 fully saturated rings. The molecule has 1 saturated heterocycles. The van der Waals surface area contributed by atoms with Crippen LogP contribution in [0, 0.1) is 5.82 Å². The Hall–Kier alpha value is -1.46. The van der Waals surface area contributed by atoms with Gasteiger partial charge in [0.1, 0.15) is 24.0 Å². The first-order valence-electron chi connectivity index (χ1n) is 9.27. The van der Waals surface area contributed by atoms with Crippen molar-refractivity contribution in [3.05, 3.63) is 29.6 Å². The molecular weight excluding hydrogens is 321 g/mol. The van der Waals surface area contributed by atoms with E-state index >= 15 is 0 Å². The van der Waals surface area contributed by atoms with Crippen LogP contribution >= 0.6 is 0 Å². The van der Waals surface area contributed by atoms with Crippen molar-refractivity contribution >= 4 is 5.78 Å². The van der Waals surface area contributed by atoms with Gasteiger partial charge in [0.25, 0.3) is 0 Å². The lowest BCUT2D eigenvalue weighted by atomic mass is 10.1. The fourth-order valence-corrected chi connectivity index (χ4v) is 2.15. The van der Waals surface area contributed by atoms with Crippen LogP contribution in [-0.2, 0) is 16.0 Å². The molecule has 144 valence electrons. The SMILES string of the molecule is CC.CC(=O)Cc1ccc(OCCN2CCOCC2)cc1F.CCC. The third-order valence-corrected chi connectivity index (χ3v) is 3.24. The molecule has 1 aromatic rings. The Kier molecular flexibility index (Phi) is 14.0. The molecule has 2 rings (SSSR count). The zero-order chi connectivity index (χ0) is 19.1. The van der Waals surface area contributed by atoms with E-state index in [1.54, 1.807) is 12.1 Å². The fraction of sp³-hybridized carbons (Fsp3) is 0.650. The average Bonchev–Trinajstić information content (AvgIpc) is 2.60. The standard InChI is InChI=1S/C15H20FNO3.C3H8.C2H6/c1-12(18)10-13-2-3-14(11-15(13)16)20-9-6-17-4-7-19-8-5-17;1-3-2;1-2/h2-3,11H,4-10H2,1H3;3H2,1-2H3;1-2H3. The highest BCUT2D eigenvalue weighted by molar-refractivity contribution is 5.78. The van der Waals surface area contributed by atoms with E-state index in [9.17, 15) is 9.18 Å². The normalized spacial score (nSPS) is 13.8. The van der Waals surface area contributed by atoms with Gasteiger partial charge in [-0.2, -0.15) is 0 Å². The predicted octanol–water partition coefficient (Wildman–Crippen LogP) is 4.11. The van der Waals surface area contributed by atoms with Gasteiger partial charge in [0.05, 0.1) is 13.2 Å². The average molecular weight is 355 g/mol. The number of rotatable bonds is 6. The number of ether oxygens (including phenoxy) is 2. The van der Waals surface area contributed by atoms with E-state index in [-0.39, 0.29) is 18.0 Å². The molecule has 1 heterocycles. The summed E-state index contributed by atoms with van der Waals surface area (Å²) in [7, 11) is 0. The summed E-state index contributed by atoms with van der Waals surface area (Å²) in [4.78, 5) is 13.2. The van der Waals surface area contributed by atoms with Crippen LogP contribution in [0.5, 0.6) is 5.75 Å². The quantitative estimate of drug-likeness (QED) is 0.770. The third kappa shape index (κ3) is 10.9. The van der Waals surface area contributed by atoms with E-state index in [1.807, 2.05) is 13.8 Å². The van der Waals surface area contributed by atoms with Crippen molar-refractivity contribution in [1.82, 2.24) is 4.90 Å². The van der Waals surface area contributed by atoms with Crippen LogP contribution in [0.1, 0.15) is 46.6 Å². The number of hydrogen-bond donors (Lipinski definition) is 0. The van der Waals surface area contributed by atoms with Crippen LogP contribution in [0.15, 0.2) is 18.2 Å². The molecule has 4 nitrogen and oxygen atoms in total. The maximum atomic E-state index is 13.7. The Morgan fingerprint density at radius 3 is 2.36 bits per heavy atom. The first-order chi connectivity index (χ1) is 12.1. The summed E-state index contributed by atoms with van der Waals surface area (Å²) in [5.41, 5.74) is 0.415. The number of benzene rings is 1. The zero-order valence-corrected chi connectivity index (χ0v) is 16.4. The number of morpholine rings is 1. The third-order valence-electron chi connectivity index (χ3n) is 3.24. The minimum atomic E-state index is -0.385. The Balaban J connectivity index is 0.00000104.